The van der Waals surface area contributed by atoms with Crippen LogP contribution in [0, 0.1) is 0 Å². The monoisotopic (exact) mass is 234 g/mol. The highest BCUT2D eigenvalue weighted by molar-refractivity contribution is 5.16. The molecule has 1 aromatic rings. The van der Waals surface area contributed by atoms with Gasteiger partial charge in [0.05, 0.1) is 0 Å². The molecule has 0 radical (unpaired) electrons. The van der Waals surface area contributed by atoms with Gasteiger partial charge in [0.2, 0.25) is 0 Å². The van der Waals surface area contributed by atoms with Gasteiger partial charge in [-0.15, -0.1) is 0 Å². The third kappa shape index (κ3) is 3.83. The lowest BCUT2D eigenvalue weighted by atomic mass is 9.95. The molecule has 0 aromatic heterocycles. The number of nitrogens with two attached hydrogens (primary N) is 1. The van der Waals surface area contributed by atoms with Gasteiger partial charge in [0.15, 0.2) is 0 Å². The first-order valence-corrected chi connectivity index (χ1v) is 6.48. The van der Waals surface area contributed by atoms with E-state index in [2.05, 4.69) is 63.1 Å². The van der Waals surface area contributed by atoms with Crippen molar-refractivity contribution in [1.82, 2.24) is 4.90 Å². The highest BCUT2D eigenvalue weighted by atomic mass is 15.2. The zero-order chi connectivity index (χ0) is 12.9. The summed E-state index contributed by atoms with van der Waals surface area (Å²) < 4.78 is 0. The molecule has 0 spiro atoms. The van der Waals surface area contributed by atoms with Crippen molar-refractivity contribution in [3.63, 3.8) is 0 Å². The standard InChI is InChI=1S/C15H26N2/c1-5-15(2,3)17(4)14(12-16)11-13-9-7-6-8-10-13/h6-10,14H,5,11-12,16H2,1-4H3. The van der Waals surface area contributed by atoms with E-state index in [-0.39, 0.29) is 5.54 Å². The Labute approximate surface area is 106 Å². The molecule has 0 saturated carbocycles. The smallest absolute Gasteiger partial charge is 0.0261 e. The van der Waals surface area contributed by atoms with E-state index in [1.54, 1.807) is 0 Å². The molecular weight excluding hydrogens is 208 g/mol. The van der Waals surface area contributed by atoms with Crippen LogP contribution in [0.2, 0.25) is 0 Å². The molecule has 96 valence electrons. The Morgan fingerprint density at radius 1 is 1.24 bits per heavy atom. The van der Waals surface area contributed by atoms with Gasteiger partial charge in [-0.2, -0.15) is 0 Å². The van der Waals surface area contributed by atoms with Crippen LogP contribution in [0.5, 0.6) is 0 Å². The first-order chi connectivity index (χ1) is 8.01. The fourth-order valence-corrected chi connectivity index (χ4v) is 2.01. The third-order valence-electron chi connectivity index (χ3n) is 3.95. The molecule has 2 N–H and O–H groups in total. The lowest BCUT2D eigenvalue weighted by Gasteiger charge is -2.40. The number of hydrogen-bond donors (Lipinski definition) is 1. The normalized spacial score (nSPS) is 14.0. The summed E-state index contributed by atoms with van der Waals surface area (Å²) in [5, 5.41) is 0. The Bertz CT molecular complexity index is 319. The Kier molecular flexibility index (Phi) is 5.16. The second-order valence-electron chi connectivity index (χ2n) is 5.36. The minimum atomic E-state index is 0.207. The quantitative estimate of drug-likeness (QED) is 0.820. The fraction of sp³-hybridized carbons (Fsp3) is 0.600. The van der Waals surface area contributed by atoms with E-state index in [9.17, 15) is 0 Å². The van der Waals surface area contributed by atoms with Crippen molar-refractivity contribution in [2.75, 3.05) is 13.6 Å². The zero-order valence-corrected chi connectivity index (χ0v) is 11.6. The zero-order valence-electron chi connectivity index (χ0n) is 11.6. The average molecular weight is 234 g/mol. The van der Waals surface area contributed by atoms with Crippen molar-refractivity contribution in [2.24, 2.45) is 5.73 Å². The van der Waals surface area contributed by atoms with Gasteiger partial charge in [-0.05, 0) is 39.3 Å². The lowest BCUT2D eigenvalue weighted by molar-refractivity contribution is 0.100. The number of hydrogen-bond acceptors (Lipinski definition) is 2. The molecule has 0 aliphatic rings. The van der Waals surface area contributed by atoms with Crippen molar-refractivity contribution < 1.29 is 0 Å². The van der Waals surface area contributed by atoms with E-state index < -0.39 is 0 Å². The second kappa shape index (κ2) is 6.18. The molecule has 2 nitrogen and oxygen atoms in total. The predicted molar refractivity (Wildman–Crippen MR) is 75.1 cm³/mol. The van der Waals surface area contributed by atoms with Crippen molar-refractivity contribution in [1.29, 1.82) is 0 Å². The molecule has 0 heterocycles. The maximum absolute atomic E-state index is 5.93. The summed E-state index contributed by atoms with van der Waals surface area (Å²) in [5.74, 6) is 0. The van der Waals surface area contributed by atoms with E-state index in [1.165, 1.54) is 5.56 Å². The second-order valence-corrected chi connectivity index (χ2v) is 5.36. The Hall–Kier alpha value is -0.860. The van der Waals surface area contributed by atoms with Crippen LogP contribution >= 0.6 is 0 Å². The van der Waals surface area contributed by atoms with Crippen LogP contribution < -0.4 is 5.73 Å². The number of rotatable bonds is 6. The molecule has 0 aliphatic heterocycles. The van der Waals surface area contributed by atoms with E-state index in [4.69, 9.17) is 5.73 Å². The highest BCUT2D eigenvalue weighted by Gasteiger charge is 2.26. The molecule has 1 atom stereocenters. The maximum Gasteiger partial charge on any atom is 0.0261 e. The molecule has 0 aliphatic carbocycles. The highest BCUT2D eigenvalue weighted by Crippen LogP contribution is 2.20. The van der Waals surface area contributed by atoms with Gasteiger partial charge in [-0.1, -0.05) is 37.3 Å². The van der Waals surface area contributed by atoms with Crippen molar-refractivity contribution >= 4 is 0 Å². The molecule has 0 amide bonds. The number of benzene rings is 1. The molecule has 1 rings (SSSR count). The Balaban J connectivity index is 2.72. The van der Waals surface area contributed by atoms with E-state index in [1.807, 2.05) is 0 Å². The largest absolute Gasteiger partial charge is 0.329 e. The summed E-state index contributed by atoms with van der Waals surface area (Å²) in [4.78, 5) is 2.42. The van der Waals surface area contributed by atoms with E-state index >= 15 is 0 Å². The maximum atomic E-state index is 5.93. The minimum Gasteiger partial charge on any atom is -0.329 e. The van der Waals surface area contributed by atoms with Gasteiger partial charge >= 0.3 is 0 Å². The first kappa shape index (κ1) is 14.2. The molecule has 1 aromatic carbocycles. The number of likely N-dealkylation sites (N-methyl/N-ethyl adjacent to an activating group) is 1. The molecule has 17 heavy (non-hydrogen) atoms. The summed E-state index contributed by atoms with van der Waals surface area (Å²) in [7, 11) is 2.18. The van der Waals surface area contributed by atoms with Crippen molar-refractivity contribution in [2.45, 2.75) is 45.2 Å². The van der Waals surface area contributed by atoms with Crippen LogP contribution in [-0.4, -0.2) is 30.1 Å². The SMILES string of the molecule is CCC(C)(C)N(C)C(CN)Cc1ccccc1. The van der Waals surface area contributed by atoms with Crippen LogP contribution in [0.15, 0.2) is 30.3 Å². The van der Waals surface area contributed by atoms with Crippen LogP contribution in [0.1, 0.15) is 32.8 Å². The molecular formula is C15H26N2. The number of nitrogens with zero attached hydrogens (tertiary/aromatic N) is 1. The third-order valence-corrected chi connectivity index (χ3v) is 3.95. The molecule has 0 fully saturated rings. The lowest BCUT2D eigenvalue weighted by Crippen LogP contribution is -2.50. The van der Waals surface area contributed by atoms with Gasteiger partial charge < -0.3 is 5.73 Å². The van der Waals surface area contributed by atoms with Crippen LogP contribution in [0.3, 0.4) is 0 Å². The Morgan fingerprint density at radius 3 is 2.29 bits per heavy atom. The summed E-state index contributed by atoms with van der Waals surface area (Å²) in [5.41, 5.74) is 7.50. The van der Waals surface area contributed by atoms with Gasteiger partial charge in [0.25, 0.3) is 0 Å². The van der Waals surface area contributed by atoms with Crippen molar-refractivity contribution in [3.05, 3.63) is 35.9 Å². The van der Waals surface area contributed by atoms with Gasteiger partial charge in [-0.25, -0.2) is 0 Å². The average Bonchev–Trinajstić information content (AvgIpc) is 2.36. The summed E-state index contributed by atoms with van der Waals surface area (Å²) in [6.07, 6.45) is 2.16. The predicted octanol–water partition coefficient (Wildman–Crippen LogP) is 2.68. The summed E-state index contributed by atoms with van der Waals surface area (Å²) in [6.45, 7) is 7.49. The van der Waals surface area contributed by atoms with Crippen LogP contribution in [-0.2, 0) is 6.42 Å². The molecule has 2 heteroatoms. The first-order valence-electron chi connectivity index (χ1n) is 6.48. The van der Waals surface area contributed by atoms with Gasteiger partial charge in [0, 0.05) is 18.1 Å². The Morgan fingerprint density at radius 2 is 1.82 bits per heavy atom. The van der Waals surface area contributed by atoms with Crippen LogP contribution in [0.4, 0.5) is 0 Å². The van der Waals surface area contributed by atoms with E-state index in [0.29, 0.717) is 12.6 Å². The topological polar surface area (TPSA) is 29.3 Å². The minimum absolute atomic E-state index is 0.207. The summed E-state index contributed by atoms with van der Waals surface area (Å²) in [6, 6.07) is 11.0. The van der Waals surface area contributed by atoms with Crippen LogP contribution in [0.25, 0.3) is 0 Å². The van der Waals surface area contributed by atoms with Gasteiger partial charge in [-0.3, -0.25) is 4.90 Å². The molecule has 0 saturated heterocycles. The molecule has 0 bridgehead atoms. The fourth-order valence-electron chi connectivity index (χ4n) is 2.01. The molecule has 1 unspecified atom stereocenters. The van der Waals surface area contributed by atoms with E-state index in [0.717, 1.165) is 12.8 Å². The van der Waals surface area contributed by atoms with Crippen molar-refractivity contribution in [3.8, 4) is 0 Å². The van der Waals surface area contributed by atoms with Gasteiger partial charge in [0.1, 0.15) is 0 Å². The summed E-state index contributed by atoms with van der Waals surface area (Å²) >= 11 is 0.